The van der Waals surface area contributed by atoms with E-state index in [1.807, 2.05) is 0 Å². The maximum Gasteiger partial charge on any atom is 0.0236 e. The molecule has 0 amide bonds. The molecule has 0 atom stereocenters. The molecule has 0 aliphatic heterocycles. The first-order valence-corrected chi connectivity index (χ1v) is 7.95. The Morgan fingerprint density at radius 3 is 2.20 bits per heavy atom. The van der Waals surface area contributed by atoms with Gasteiger partial charge in [-0.1, -0.05) is 12.1 Å². The van der Waals surface area contributed by atoms with Crippen molar-refractivity contribution >= 4 is 0 Å². The Bertz CT molecular complexity index is 445. The van der Waals surface area contributed by atoms with Gasteiger partial charge in [0.2, 0.25) is 0 Å². The van der Waals surface area contributed by atoms with Crippen molar-refractivity contribution in [3.05, 3.63) is 34.4 Å². The van der Waals surface area contributed by atoms with Gasteiger partial charge < -0.3 is 5.32 Å². The zero-order valence-electron chi connectivity index (χ0n) is 13.8. The molecule has 1 N–H and O–H groups in total. The number of benzene rings is 1. The summed E-state index contributed by atoms with van der Waals surface area (Å²) in [5, 5.41) is 3.42. The van der Waals surface area contributed by atoms with Crippen molar-refractivity contribution in [2.24, 2.45) is 0 Å². The van der Waals surface area contributed by atoms with Crippen molar-refractivity contribution < 1.29 is 0 Å². The average molecular weight is 274 g/mol. The molecule has 1 aromatic rings. The highest BCUT2D eigenvalue weighted by Gasteiger charge is 2.23. The highest BCUT2D eigenvalue weighted by atomic mass is 15.1. The topological polar surface area (TPSA) is 15.3 Å². The smallest absolute Gasteiger partial charge is 0.0236 e. The standard InChI is InChI=1S/C18H30N2/c1-13-10-15(3)16(11-14(13)2)12-20(5)18-8-6-17(19-4)7-9-18/h10-11,17-19H,6-9,12H2,1-5H3. The highest BCUT2D eigenvalue weighted by Crippen LogP contribution is 2.24. The normalized spacial score (nSPS) is 23.3. The molecular weight excluding hydrogens is 244 g/mol. The molecule has 0 spiro atoms. The summed E-state index contributed by atoms with van der Waals surface area (Å²) >= 11 is 0. The summed E-state index contributed by atoms with van der Waals surface area (Å²) in [6.07, 6.45) is 5.28. The van der Waals surface area contributed by atoms with E-state index in [2.05, 4.69) is 57.2 Å². The summed E-state index contributed by atoms with van der Waals surface area (Å²) in [6.45, 7) is 7.75. The lowest BCUT2D eigenvalue weighted by molar-refractivity contribution is 0.169. The molecule has 0 radical (unpaired) electrons. The second-order valence-corrected chi connectivity index (χ2v) is 6.57. The second kappa shape index (κ2) is 6.73. The molecule has 2 nitrogen and oxygen atoms in total. The third-order valence-electron chi connectivity index (χ3n) is 5.10. The van der Waals surface area contributed by atoms with Gasteiger partial charge in [-0.2, -0.15) is 0 Å². The van der Waals surface area contributed by atoms with Gasteiger partial charge in [0, 0.05) is 18.6 Å². The quantitative estimate of drug-likeness (QED) is 0.903. The van der Waals surface area contributed by atoms with Crippen LogP contribution in [0, 0.1) is 20.8 Å². The summed E-state index contributed by atoms with van der Waals surface area (Å²) in [5.74, 6) is 0. The number of nitrogens with zero attached hydrogens (tertiary/aromatic N) is 1. The van der Waals surface area contributed by atoms with E-state index in [4.69, 9.17) is 0 Å². The number of rotatable bonds is 4. The molecule has 1 saturated carbocycles. The van der Waals surface area contributed by atoms with Gasteiger partial charge in [-0.15, -0.1) is 0 Å². The van der Waals surface area contributed by atoms with E-state index in [9.17, 15) is 0 Å². The Morgan fingerprint density at radius 2 is 1.60 bits per heavy atom. The Balaban J connectivity index is 1.98. The lowest BCUT2D eigenvalue weighted by Gasteiger charge is -2.35. The summed E-state index contributed by atoms with van der Waals surface area (Å²) in [6, 6.07) is 6.19. The molecule has 2 rings (SSSR count). The second-order valence-electron chi connectivity index (χ2n) is 6.57. The molecule has 2 heteroatoms. The molecule has 0 heterocycles. The van der Waals surface area contributed by atoms with Crippen LogP contribution in [0.15, 0.2) is 12.1 Å². The summed E-state index contributed by atoms with van der Waals surface area (Å²) in [4.78, 5) is 2.56. The van der Waals surface area contributed by atoms with Gasteiger partial charge >= 0.3 is 0 Å². The first-order chi connectivity index (χ1) is 9.51. The lowest BCUT2D eigenvalue weighted by Crippen LogP contribution is -2.39. The van der Waals surface area contributed by atoms with Crippen LogP contribution in [0.4, 0.5) is 0 Å². The van der Waals surface area contributed by atoms with Crippen LogP contribution in [-0.2, 0) is 6.54 Å². The van der Waals surface area contributed by atoms with Crippen molar-refractivity contribution in [2.75, 3.05) is 14.1 Å². The van der Waals surface area contributed by atoms with Crippen molar-refractivity contribution in [1.82, 2.24) is 10.2 Å². The van der Waals surface area contributed by atoms with E-state index >= 15 is 0 Å². The Kier molecular flexibility index (Phi) is 5.22. The fraction of sp³-hybridized carbons (Fsp3) is 0.667. The van der Waals surface area contributed by atoms with E-state index < -0.39 is 0 Å². The van der Waals surface area contributed by atoms with Crippen LogP contribution in [0.5, 0.6) is 0 Å². The summed E-state index contributed by atoms with van der Waals surface area (Å²) in [7, 11) is 4.38. The zero-order chi connectivity index (χ0) is 14.7. The molecule has 20 heavy (non-hydrogen) atoms. The van der Waals surface area contributed by atoms with E-state index in [0.29, 0.717) is 0 Å². The minimum Gasteiger partial charge on any atom is -0.317 e. The van der Waals surface area contributed by atoms with Crippen LogP contribution in [0.3, 0.4) is 0 Å². The zero-order valence-corrected chi connectivity index (χ0v) is 13.8. The number of nitrogens with one attached hydrogen (secondary N) is 1. The molecule has 0 bridgehead atoms. The largest absolute Gasteiger partial charge is 0.317 e. The fourth-order valence-electron chi connectivity index (χ4n) is 3.39. The molecule has 1 aromatic carbocycles. The molecule has 0 unspecified atom stereocenters. The first kappa shape index (κ1) is 15.5. The Morgan fingerprint density at radius 1 is 1.00 bits per heavy atom. The average Bonchev–Trinajstić information content (AvgIpc) is 2.44. The van der Waals surface area contributed by atoms with Crippen LogP contribution in [0.2, 0.25) is 0 Å². The number of hydrogen-bond acceptors (Lipinski definition) is 2. The summed E-state index contributed by atoms with van der Waals surface area (Å²) < 4.78 is 0. The van der Waals surface area contributed by atoms with Gasteiger partial charge in [-0.05, 0) is 82.8 Å². The van der Waals surface area contributed by atoms with Gasteiger partial charge in [0.15, 0.2) is 0 Å². The molecule has 112 valence electrons. The van der Waals surface area contributed by atoms with Crippen molar-refractivity contribution in [3.8, 4) is 0 Å². The highest BCUT2D eigenvalue weighted by molar-refractivity contribution is 5.36. The SMILES string of the molecule is CNC1CCC(N(C)Cc2cc(C)c(C)cc2C)CC1. The monoisotopic (exact) mass is 274 g/mol. The van der Waals surface area contributed by atoms with E-state index in [1.165, 1.54) is 47.9 Å². The van der Waals surface area contributed by atoms with Crippen LogP contribution in [0.25, 0.3) is 0 Å². The van der Waals surface area contributed by atoms with Crippen molar-refractivity contribution in [2.45, 2.75) is 65.1 Å². The maximum absolute atomic E-state index is 3.42. The maximum atomic E-state index is 3.42. The third-order valence-corrected chi connectivity index (χ3v) is 5.10. The number of aryl methyl sites for hydroxylation is 3. The van der Waals surface area contributed by atoms with Crippen LogP contribution in [0.1, 0.15) is 47.9 Å². The summed E-state index contributed by atoms with van der Waals surface area (Å²) in [5.41, 5.74) is 5.75. The van der Waals surface area contributed by atoms with Gasteiger partial charge in [0.05, 0.1) is 0 Å². The molecular formula is C18H30N2. The Labute approximate surface area is 124 Å². The van der Waals surface area contributed by atoms with Crippen LogP contribution in [-0.4, -0.2) is 31.1 Å². The van der Waals surface area contributed by atoms with Gasteiger partial charge in [-0.3, -0.25) is 4.90 Å². The van der Waals surface area contributed by atoms with E-state index in [-0.39, 0.29) is 0 Å². The predicted molar refractivity (Wildman–Crippen MR) is 87.2 cm³/mol. The minimum atomic E-state index is 0.739. The van der Waals surface area contributed by atoms with Crippen molar-refractivity contribution in [1.29, 1.82) is 0 Å². The van der Waals surface area contributed by atoms with Crippen LogP contribution < -0.4 is 5.32 Å². The molecule has 0 saturated heterocycles. The van der Waals surface area contributed by atoms with E-state index in [1.54, 1.807) is 0 Å². The van der Waals surface area contributed by atoms with Gasteiger partial charge in [0.1, 0.15) is 0 Å². The predicted octanol–water partition coefficient (Wildman–Crippen LogP) is 3.57. The fourth-order valence-corrected chi connectivity index (χ4v) is 3.39. The van der Waals surface area contributed by atoms with Gasteiger partial charge in [-0.25, -0.2) is 0 Å². The molecule has 0 aromatic heterocycles. The minimum absolute atomic E-state index is 0.739. The Hall–Kier alpha value is -0.860. The lowest BCUT2D eigenvalue weighted by atomic mass is 9.90. The van der Waals surface area contributed by atoms with Crippen molar-refractivity contribution in [3.63, 3.8) is 0 Å². The molecule has 1 fully saturated rings. The third kappa shape index (κ3) is 3.62. The molecule has 1 aliphatic rings. The van der Waals surface area contributed by atoms with Gasteiger partial charge in [0.25, 0.3) is 0 Å². The van der Waals surface area contributed by atoms with E-state index in [0.717, 1.165) is 18.6 Å². The first-order valence-electron chi connectivity index (χ1n) is 7.95. The molecule has 1 aliphatic carbocycles. The van der Waals surface area contributed by atoms with Crippen LogP contribution >= 0.6 is 0 Å². The number of hydrogen-bond donors (Lipinski definition) is 1.